The quantitative estimate of drug-likeness (QED) is 0.214. The third-order valence-electron chi connectivity index (χ3n) is 7.66. The molecule has 0 bridgehead atoms. The number of benzene rings is 7. The third kappa shape index (κ3) is 3.95. The second-order valence-corrected chi connectivity index (χ2v) is 9.87. The van der Waals surface area contributed by atoms with Gasteiger partial charge in [0.25, 0.3) is 0 Å². The average Bonchev–Trinajstić information content (AvgIpc) is 3.00. The van der Waals surface area contributed by atoms with Gasteiger partial charge in [0.1, 0.15) is 5.75 Å². The summed E-state index contributed by atoms with van der Waals surface area (Å²) in [5, 5.41) is 7.60. The van der Waals surface area contributed by atoms with E-state index in [0.29, 0.717) is 6.61 Å². The van der Waals surface area contributed by atoms with Gasteiger partial charge in [-0.2, -0.15) is 0 Å². The fraction of sp³-hybridized carbons (Fsp3) is 0.0526. The smallest absolute Gasteiger partial charge is 0.119 e. The van der Waals surface area contributed by atoms with Crippen molar-refractivity contribution < 1.29 is 4.74 Å². The van der Waals surface area contributed by atoms with Crippen LogP contribution in [0.2, 0.25) is 0 Å². The van der Waals surface area contributed by atoms with Crippen LogP contribution in [-0.4, -0.2) is 6.61 Å². The monoisotopic (exact) mass is 500 g/mol. The van der Waals surface area contributed by atoms with E-state index in [1.807, 2.05) is 6.92 Å². The van der Waals surface area contributed by atoms with Gasteiger partial charge in [0, 0.05) is 0 Å². The first-order valence-corrected chi connectivity index (χ1v) is 13.6. The Labute approximate surface area is 228 Å². The molecule has 0 aliphatic rings. The molecule has 1 heteroatoms. The van der Waals surface area contributed by atoms with Crippen LogP contribution in [0.1, 0.15) is 6.92 Å². The Bertz CT molecular complexity index is 1890. The first-order valence-electron chi connectivity index (χ1n) is 13.6. The van der Waals surface area contributed by atoms with Crippen molar-refractivity contribution in [1.29, 1.82) is 0 Å². The molecule has 0 aliphatic carbocycles. The lowest BCUT2D eigenvalue weighted by Crippen LogP contribution is -1.93. The molecule has 0 unspecified atom stereocenters. The van der Waals surface area contributed by atoms with Crippen LogP contribution in [0.3, 0.4) is 0 Å². The molecule has 0 saturated carbocycles. The average molecular weight is 501 g/mol. The Hall–Kier alpha value is -4.88. The second-order valence-electron chi connectivity index (χ2n) is 9.87. The van der Waals surface area contributed by atoms with Gasteiger partial charge in [-0.15, -0.1) is 0 Å². The van der Waals surface area contributed by atoms with Crippen molar-refractivity contribution in [1.82, 2.24) is 0 Å². The highest BCUT2D eigenvalue weighted by Gasteiger charge is 2.18. The highest BCUT2D eigenvalue weighted by molar-refractivity contribution is 6.24. The topological polar surface area (TPSA) is 9.23 Å². The minimum atomic E-state index is 0.669. The molecule has 7 rings (SSSR count). The molecule has 7 aromatic carbocycles. The molecule has 0 radical (unpaired) electrons. The van der Waals surface area contributed by atoms with Gasteiger partial charge in [0.2, 0.25) is 0 Å². The molecule has 0 fully saturated rings. The number of hydrogen-bond acceptors (Lipinski definition) is 1. The van der Waals surface area contributed by atoms with E-state index in [-0.39, 0.29) is 0 Å². The van der Waals surface area contributed by atoms with Crippen LogP contribution in [0.4, 0.5) is 0 Å². The van der Waals surface area contributed by atoms with Crippen LogP contribution in [-0.2, 0) is 0 Å². The zero-order valence-corrected chi connectivity index (χ0v) is 21.9. The van der Waals surface area contributed by atoms with Crippen molar-refractivity contribution >= 4 is 32.3 Å². The van der Waals surface area contributed by atoms with Gasteiger partial charge in [-0.3, -0.25) is 0 Å². The maximum atomic E-state index is 5.68. The van der Waals surface area contributed by atoms with Crippen LogP contribution >= 0.6 is 0 Å². The minimum Gasteiger partial charge on any atom is -0.494 e. The van der Waals surface area contributed by atoms with E-state index in [4.69, 9.17) is 4.74 Å². The SMILES string of the molecule is CCOc1ccc(-c2ccc(-c3c4ccccc4c(-c4ccccc4)c4ccccc34)c3ccccc23)cc1. The highest BCUT2D eigenvalue weighted by atomic mass is 16.5. The van der Waals surface area contributed by atoms with Gasteiger partial charge in [0.05, 0.1) is 6.61 Å². The van der Waals surface area contributed by atoms with Gasteiger partial charge >= 0.3 is 0 Å². The summed E-state index contributed by atoms with van der Waals surface area (Å²) in [5.41, 5.74) is 7.50. The van der Waals surface area contributed by atoms with Crippen molar-refractivity contribution in [2.75, 3.05) is 6.61 Å². The molecule has 0 heterocycles. The Morgan fingerprint density at radius 3 is 1.41 bits per heavy atom. The summed E-state index contributed by atoms with van der Waals surface area (Å²) in [5.74, 6) is 0.902. The highest BCUT2D eigenvalue weighted by Crippen LogP contribution is 2.46. The molecular weight excluding hydrogens is 472 g/mol. The third-order valence-corrected chi connectivity index (χ3v) is 7.66. The van der Waals surface area contributed by atoms with Crippen LogP contribution in [0.5, 0.6) is 5.75 Å². The summed E-state index contributed by atoms with van der Waals surface area (Å²) in [6.45, 7) is 2.68. The first-order chi connectivity index (χ1) is 19.3. The molecule has 0 saturated heterocycles. The van der Waals surface area contributed by atoms with E-state index >= 15 is 0 Å². The fourth-order valence-corrected chi connectivity index (χ4v) is 6.00. The van der Waals surface area contributed by atoms with Crippen molar-refractivity contribution in [2.24, 2.45) is 0 Å². The zero-order valence-electron chi connectivity index (χ0n) is 21.9. The molecule has 0 aromatic heterocycles. The minimum absolute atomic E-state index is 0.669. The lowest BCUT2D eigenvalue weighted by atomic mass is 9.84. The Balaban J connectivity index is 1.54. The van der Waals surface area contributed by atoms with Crippen LogP contribution in [0.15, 0.2) is 140 Å². The maximum Gasteiger partial charge on any atom is 0.119 e. The first kappa shape index (κ1) is 23.3. The van der Waals surface area contributed by atoms with Crippen LogP contribution < -0.4 is 4.74 Å². The predicted octanol–water partition coefficient (Wildman–Crippen LogP) is 10.5. The van der Waals surface area contributed by atoms with E-state index in [1.165, 1.54) is 65.7 Å². The predicted molar refractivity (Wildman–Crippen MR) is 166 cm³/mol. The second kappa shape index (κ2) is 9.78. The lowest BCUT2D eigenvalue weighted by molar-refractivity contribution is 0.340. The number of fused-ring (bicyclic) bond motifs is 3. The van der Waals surface area contributed by atoms with Crippen LogP contribution in [0.25, 0.3) is 65.7 Å². The normalized spacial score (nSPS) is 11.3. The summed E-state index contributed by atoms with van der Waals surface area (Å²) < 4.78 is 5.68. The summed E-state index contributed by atoms with van der Waals surface area (Å²) >= 11 is 0. The number of hydrogen-bond donors (Lipinski definition) is 0. The summed E-state index contributed by atoms with van der Waals surface area (Å²) in [4.78, 5) is 0. The fourth-order valence-electron chi connectivity index (χ4n) is 6.00. The van der Waals surface area contributed by atoms with Crippen molar-refractivity contribution in [2.45, 2.75) is 6.92 Å². The molecule has 0 aliphatic heterocycles. The molecule has 0 atom stereocenters. The summed E-state index contributed by atoms with van der Waals surface area (Å²) in [6, 6.07) is 50.3. The Kier molecular flexibility index (Phi) is 5.83. The van der Waals surface area contributed by atoms with E-state index in [9.17, 15) is 0 Å². The molecule has 0 spiro atoms. The molecule has 7 aromatic rings. The van der Waals surface area contributed by atoms with Crippen LogP contribution in [0, 0.1) is 0 Å². The molecular formula is C38H28O. The van der Waals surface area contributed by atoms with Gasteiger partial charge in [0.15, 0.2) is 0 Å². The van der Waals surface area contributed by atoms with Gasteiger partial charge in [-0.1, -0.05) is 127 Å². The number of rotatable bonds is 5. The van der Waals surface area contributed by atoms with E-state index in [2.05, 4.69) is 140 Å². The standard InChI is InChI=1S/C38H28O/c1-2-39-28-22-20-26(21-23-28)29-24-25-36(31-15-7-6-14-30(29)31)38-34-18-10-8-16-32(34)37(27-12-4-3-5-13-27)33-17-9-11-19-35(33)38/h3-25H,2H2,1H3. The van der Waals surface area contributed by atoms with E-state index in [1.54, 1.807) is 0 Å². The largest absolute Gasteiger partial charge is 0.494 e. The molecule has 0 amide bonds. The molecule has 186 valence electrons. The van der Waals surface area contributed by atoms with E-state index < -0.39 is 0 Å². The Morgan fingerprint density at radius 1 is 0.385 bits per heavy atom. The summed E-state index contributed by atoms with van der Waals surface area (Å²) in [7, 11) is 0. The Morgan fingerprint density at radius 2 is 0.846 bits per heavy atom. The van der Waals surface area contributed by atoms with E-state index in [0.717, 1.165) is 5.75 Å². The maximum absolute atomic E-state index is 5.68. The van der Waals surface area contributed by atoms with Crippen molar-refractivity contribution in [3.63, 3.8) is 0 Å². The van der Waals surface area contributed by atoms with Gasteiger partial charge in [-0.25, -0.2) is 0 Å². The zero-order chi connectivity index (χ0) is 26.2. The molecule has 1 nitrogen and oxygen atoms in total. The lowest BCUT2D eigenvalue weighted by Gasteiger charge is -2.19. The van der Waals surface area contributed by atoms with Gasteiger partial charge in [-0.05, 0) is 84.8 Å². The van der Waals surface area contributed by atoms with Crippen molar-refractivity contribution in [3.05, 3.63) is 140 Å². The van der Waals surface area contributed by atoms with Crippen molar-refractivity contribution in [3.8, 4) is 39.1 Å². The van der Waals surface area contributed by atoms with Gasteiger partial charge < -0.3 is 4.74 Å². The number of ether oxygens (including phenoxy) is 1. The summed E-state index contributed by atoms with van der Waals surface area (Å²) in [6.07, 6.45) is 0. The molecule has 0 N–H and O–H groups in total. The molecule has 39 heavy (non-hydrogen) atoms.